The summed E-state index contributed by atoms with van der Waals surface area (Å²) < 4.78 is 5.16. The molecule has 0 bridgehead atoms. The maximum absolute atomic E-state index is 5.16. The molecule has 0 aromatic carbocycles. The first-order valence-corrected chi connectivity index (χ1v) is 9.65. The third-order valence-corrected chi connectivity index (χ3v) is 5.22. The average Bonchev–Trinajstić information content (AvgIpc) is 2.64. The molecule has 25 heavy (non-hydrogen) atoms. The molecule has 0 unspecified atom stereocenters. The number of hydrogen-bond acceptors (Lipinski definition) is 3. The molecule has 0 aromatic rings. The molecule has 1 aliphatic carbocycles. The van der Waals surface area contributed by atoms with Crippen molar-refractivity contribution in [1.29, 1.82) is 0 Å². The monoisotopic (exact) mass is 464 g/mol. The third-order valence-electron chi connectivity index (χ3n) is 5.22. The van der Waals surface area contributed by atoms with Gasteiger partial charge in [-0.15, -0.1) is 24.0 Å². The number of nitrogens with zero attached hydrogens (tertiary/aromatic N) is 2. The van der Waals surface area contributed by atoms with E-state index in [-0.39, 0.29) is 24.0 Å². The number of aliphatic imine (C=N–C) groups is 1. The number of halogens is 1. The molecule has 6 heteroatoms. The molecular formula is C19H37IN4O. The molecule has 1 saturated heterocycles. The molecule has 1 aliphatic heterocycles. The fraction of sp³-hybridized carbons (Fsp3) is 0.842. The molecule has 0 amide bonds. The molecule has 1 fully saturated rings. The molecule has 1 heterocycles. The summed E-state index contributed by atoms with van der Waals surface area (Å²) in [6.45, 7) is 6.30. The van der Waals surface area contributed by atoms with Crippen molar-refractivity contribution in [3.8, 4) is 0 Å². The van der Waals surface area contributed by atoms with Crippen molar-refractivity contribution >= 4 is 29.9 Å². The molecule has 0 saturated carbocycles. The average molecular weight is 464 g/mol. The maximum atomic E-state index is 5.16. The molecule has 0 aromatic heterocycles. The second-order valence-corrected chi connectivity index (χ2v) is 7.02. The van der Waals surface area contributed by atoms with Crippen LogP contribution in [0, 0.1) is 5.92 Å². The number of methoxy groups -OCH3 is 1. The Hall–Kier alpha value is -0.340. The summed E-state index contributed by atoms with van der Waals surface area (Å²) in [5, 5.41) is 6.98. The second kappa shape index (κ2) is 13.8. The van der Waals surface area contributed by atoms with Gasteiger partial charge in [0.15, 0.2) is 5.96 Å². The van der Waals surface area contributed by atoms with Crippen molar-refractivity contribution in [2.75, 3.05) is 53.5 Å². The quantitative estimate of drug-likeness (QED) is 0.251. The third kappa shape index (κ3) is 9.24. The highest BCUT2D eigenvalue weighted by atomic mass is 127. The minimum absolute atomic E-state index is 0. The van der Waals surface area contributed by atoms with Gasteiger partial charge in [0.25, 0.3) is 0 Å². The number of hydrogen-bond donors (Lipinski definition) is 2. The Morgan fingerprint density at radius 1 is 1.28 bits per heavy atom. The van der Waals surface area contributed by atoms with E-state index < -0.39 is 0 Å². The SMILES string of the molecule is CN=C(NCCC1=CCCCC1)NCC1CCN(CCOC)CC1.I. The number of ether oxygens (including phenoxy) is 1. The van der Waals surface area contributed by atoms with Crippen molar-refractivity contribution in [2.45, 2.75) is 44.9 Å². The van der Waals surface area contributed by atoms with E-state index in [1.54, 1.807) is 12.7 Å². The van der Waals surface area contributed by atoms with E-state index >= 15 is 0 Å². The van der Waals surface area contributed by atoms with Gasteiger partial charge in [0.05, 0.1) is 6.61 Å². The first kappa shape index (κ1) is 22.7. The highest BCUT2D eigenvalue weighted by Gasteiger charge is 2.18. The van der Waals surface area contributed by atoms with E-state index in [0.717, 1.165) is 44.5 Å². The minimum atomic E-state index is 0. The summed E-state index contributed by atoms with van der Waals surface area (Å²) in [7, 11) is 3.64. The van der Waals surface area contributed by atoms with E-state index in [4.69, 9.17) is 4.74 Å². The predicted molar refractivity (Wildman–Crippen MR) is 117 cm³/mol. The maximum Gasteiger partial charge on any atom is 0.190 e. The summed E-state index contributed by atoms with van der Waals surface area (Å²) in [6.07, 6.45) is 11.4. The Labute approximate surface area is 171 Å². The molecule has 0 radical (unpaired) electrons. The van der Waals surface area contributed by atoms with Crippen LogP contribution in [0.25, 0.3) is 0 Å². The van der Waals surface area contributed by atoms with Crippen LogP contribution in [0.5, 0.6) is 0 Å². The van der Waals surface area contributed by atoms with Crippen LogP contribution in [0.15, 0.2) is 16.6 Å². The van der Waals surface area contributed by atoms with Gasteiger partial charge in [-0.25, -0.2) is 0 Å². The number of piperidine rings is 1. The molecule has 0 spiro atoms. The summed E-state index contributed by atoms with van der Waals surface area (Å²) in [4.78, 5) is 6.86. The van der Waals surface area contributed by atoms with E-state index in [2.05, 4.69) is 26.6 Å². The van der Waals surface area contributed by atoms with E-state index in [9.17, 15) is 0 Å². The van der Waals surface area contributed by atoms with Crippen LogP contribution in [-0.4, -0.2) is 64.3 Å². The highest BCUT2D eigenvalue weighted by Crippen LogP contribution is 2.19. The highest BCUT2D eigenvalue weighted by molar-refractivity contribution is 14.0. The zero-order chi connectivity index (χ0) is 17.0. The molecule has 5 nitrogen and oxygen atoms in total. The fourth-order valence-electron chi connectivity index (χ4n) is 3.57. The smallest absolute Gasteiger partial charge is 0.190 e. The summed E-state index contributed by atoms with van der Waals surface area (Å²) in [5.41, 5.74) is 1.62. The number of guanidine groups is 1. The van der Waals surface area contributed by atoms with Crippen molar-refractivity contribution in [3.05, 3.63) is 11.6 Å². The lowest BCUT2D eigenvalue weighted by Crippen LogP contribution is -2.43. The van der Waals surface area contributed by atoms with Gasteiger partial charge in [-0.05, 0) is 64.0 Å². The first-order chi connectivity index (χ1) is 11.8. The van der Waals surface area contributed by atoms with Gasteiger partial charge in [0.2, 0.25) is 0 Å². The Morgan fingerprint density at radius 3 is 2.72 bits per heavy atom. The standard InChI is InChI=1S/C19H36N4O.HI/c1-20-19(21-11-8-17-6-4-3-5-7-17)22-16-18-9-12-23(13-10-18)14-15-24-2;/h6,18H,3-5,7-16H2,1-2H3,(H2,20,21,22);1H. The van der Waals surface area contributed by atoms with Gasteiger partial charge in [-0.1, -0.05) is 11.6 Å². The molecule has 2 rings (SSSR count). The number of nitrogens with one attached hydrogen (secondary N) is 2. The number of likely N-dealkylation sites (tertiary alicyclic amines) is 1. The molecule has 2 N–H and O–H groups in total. The van der Waals surface area contributed by atoms with Crippen LogP contribution in [0.1, 0.15) is 44.9 Å². The number of allylic oxidation sites excluding steroid dienone is 1. The largest absolute Gasteiger partial charge is 0.383 e. The Morgan fingerprint density at radius 2 is 2.08 bits per heavy atom. The lowest BCUT2D eigenvalue weighted by Gasteiger charge is -2.32. The van der Waals surface area contributed by atoms with Crippen LogP contribution in [0.4, 0.5) is 0 Å². The first-order valence-electron chi connectivity index (χ1n) is 9.65. The lowest BCUT2D eigenvalue weighted by molar-refractivity contribution is 0.121. The van der Waals surface area contributed by atoms with Gasteiger partial charge >= 0.3 is 0 Å². The molecule has 2 aliphatic rings. The lowest BCUT2D eigenvalue weighted by atomic mass is 9.97. The van der Waals surface area contributed by atoms with Crippen LogP contribution >= 0.6 is 24.0 Å². The molecule has 146 valence electrons. The van der Waals surface area contributed by atoms with Gasteiger partial charge < -0.3 is 20.3 Å². The number of rotatable bonds is 8. The van der Waals surface area contributed by atoms with Crippen molar-refractivity contribution in [1.82, 2.24) is 15.5 Å². The second-order valence-electron chi connectivity index (χ2n) is 7.02. The van der Waals surface area contributed by atoms with Crippen molar-refractivity contribution < 1.29 is 4.74 Å². The summed E-state index contributed by atoms with van der Waals surface area (Å²) >= 11 is 0. The molecular weight excluding hydrogens is 427 g/mol. The van der Waals surface area contributed by atoms with Gasteiger partial charge in [-0.3, -0.25) is 4.99 Å². The van der Waals surface area contributed by atoms with E-state index in [1.165, 1.54) is 51.6 Å². The van der Waals surface area contributed by atoms with Crippen LogP contribution < -0.4 is 10.6 Å². The van der Waals surface area contributed by atoms with E-state index in [0.29, 0.717) is 0 Å². The fourth-order valence-corrected chi connectivity index (χ4v) is 3.57. The van der Waals surface area contributed by atoms with Crippen LogP contribution in [-0.2, 0) is 4.74 Å². The van der Waals surface area contributed by atoms with Gasteiger partial charge in [-0.2, -0.15) is 0 Å². The zero-order valence-corrected chi connectivity index (χ0v) is 18.4. The summed E-state index contributed by atoms with van der Waals surface area (Å²) in [6, 6.07) is 0. The Balaban J connectivity index is 0.00000312. The van der Waals surface area contributed by atoms with Crippen molar-refractivity contribution in [3.63, 3.8) is 0 Å². The van der Waals surface area contributed by atoms with Crippen LogP contribution in [0.2, 0.25) is 0 Å². The normalized spacial score (nSPS) is 19.9. The van der Waals surface area contributed by atoms with Gasteiger partial charge in [0, 0.05) is 33.8 Å². The summed E-state index contributed by atoms with van der Waals surface area (Å²) in [5.74, 6) is 1.71. The van der Waals surface area contributed by atoms with Crippen molar-refractivity contribution in [2.24, 2.45) is 10.9 Å². The van der Waals surface area contributed by atoms with Gasteiger partial charge in [0.1, 0.15) is 0 Å². The van der Waals surface area contributed by atoms with Crippen LogP contribution in [0.3, 0.4) is 0 Å². The zero-order valence-electron chi connectivity index (χ0n) is 16.1. The Bertz CT molecular complexity index is 406. The predicted octanol–water partition coefficient (Wildman–Crippen LogP) is 3.02. The topological polar surface area (TPSA) is 48.9 Å². The Kier molecular flexibility index (Phi) is 12.5. The minimum Gasteiger partial charge on any atom is -0.383 e. The molecule has 0 atom stereocenters. The van der Waals surface area contributed by atoms with E-state index in [1.807, 2.05) is 7.05 Å².